The fraction of sp³-hybridized carbons (Fsp3) is 0.600. The summed E-state index contributed by atoms with van der Waals surface area (Å²) in [5.41, 5.74) is 7.22. The predicted molar refractivity (Wildman–Crippen MR) is 88.8 cm³/mol. The largest absolute Gasteiger partial charge is 0.397 e. The zero-order valence-electron chi connectivity index (χ0n) is 13.5. The smallest absolute Gasteiger partial charge is 0.240 e. The SMILES string of the molecule is CCNS(=O)(=O)c1ccc(N)c(NCC(C)(C)C(C)C)c1. The summed E-state index contributed by atoms with van der Waals surface area (Å²) in [6, 6.07) is 4.73. The van der Waals surface area contributed by atoms with Crippen LogP contribution in [0.4, 0.5) is 11.4 Å². The number of sulfonamides is 1. The predicted octanol–water partition coefficient (Wildman–Crippen LogP) is 2.66. The van der Waals surface area contributed by atoms with E-state index in [4.69, 9.17) is 5.73 Å². The average Bonchev–Trinajstić information content (AvgIpc) is 2.37. The van der Waals surface area contributed by atoms with Crippen molar-refractivity contribution in [2.45, 2.75) is 39.5 Å². The van der Waals surface area contributed by atoms with Crippen molar-refractivity contribution in [3.8, 4) is 0 Å². The van der Waals surface area contributed by atoms with Gasteiger partial charge in [0.15, 0.2) is 0 Å². The van der Waals surface area contributed by atoms with Gasteiger partial charge in [0.2, 0.25) is 10.0 Å². The number of hydrogen-bond acceptors (Lipinski definition) is 4. The Labute approximate surface area is 128 Å². The Morgan fingerprint density at radius 1 is 1.29 bits per heavy atom. The van der Waals surface area contributed by atoms with Gasteiger partial charge in [-0.15, -0.1) is 0 Å². The van der Waals surface area contributed by atoms with E-state index in [9.17, 15) is 8.42 Å². The van der Waals surface area contributed by atoms with E-state index in [1.54, 1.807) is 19.1 Å². The van der Waals surface area contributed by atoms with Crippen LogP contribution in [-0.2, 0) is 10.0 Å². The van der Waals surface area contributed by atoms with Crippen LogP contribution in [0.15, 0.2) is 23.1 Å². The molecule has 0 aliphatic rings. The molecule has 1 aromatic rings. The maximum Gasteiger partial charge on any atom is 0.240 e. The first-order chi connectivity index (χ1) is 9.60. The minimum Gasteiger partial charge on any atom is -0.397 e. The third-order valence-corrected chi connectivity index (χ3v) is 5.51. The lowest BCUT2D eigenvalue weighted by Crippen LogP contribution is -2.29. The van der Waals surface area contributed by atoms with E-state index in [-0.39, 0.29) is 10.3 Å². The average molecular weight is 313 g/mol. The molecule has 0 fully saturated rings. The third kappa shape index (κ3) is 4.61. The maximum atomic E-state index is 12.0. The summed E-state index contributed by atoms with van der Waals surface area (Å²) in [4.78, 5) is 0.225. The molecule has 0 saturated carbocycles. The van der Waals surface area contributed by atoms with Crippen LogP contribution in [0, 0.1) is 11.3 Å². The van der Waals surface area contributed by atoms with Gasteiger partial charge in [0.1, 0.15) is 0 Å². The van der Waals surface area contributed by atoms with Crippen LogP contribution in [0.1, 0.15) is 34.6 Å². The second-order valence-corrected chi connectivity index (χ2v) is 8.01. The van der Waals surface area contributed by atoms with Crippen molar-refractivity contribution in [3.63, 3.8) is 0 Å². The summed E-state index contributed by atoms with van der Waals surface area (Å²) in [7, 11) is -3.47. The zero-order chi connectivity index (χ0) is 16.3. The van der Waals surface area contributed by atoms with Crippen LogP contribution < -0.4 is 15.8 Å². The summed E-state index contributed by atoms with van der Waals surface area (Å²) in [5.74, 6) is 0.500. The van der Waals surface area contributed by atoms with Gasteiger partial charge in [0, 0.05) is 13.1 Å². The van der Waals surface area contributed by atoms with Crippen molar-refractivity contribution < 1.29 is 8.42 Å². The monoisotopic (exact) mass is 313 g/mol. The minimum absolute atomic E-state index is 0.0863. The van der Waals surface area contributed by atoms with Crippen LogP contribution >= 0.6 is 0 Å². The molecule has 21 heavy (non-hydrogen) atoms. The van der Waals surface area contributed by atoms with Crippen LogP contribution in [0.5, 0.6) is 0 Å². The van der Waals surface area contributed by atoms with Crippen molar-refractivity contribution in [1.82, 2.24) is 4.72 Å². The summed E-state index contributed by atoms with van der Waals surface area (Å²) < 4.78 is 26.5. The third-order valence-electron chi connectivity index (χ3n) is 3.97. The van der Waals surface area contributed by atoms with Gasteiger partial charge in [-0.2, -0.15) is 0 Å². The molecule has 0 aromatic heterocycles. The van der Waals surface area contributed by atoms with E-state index < -0.39 is 10.0 Å². The van der Waals surface area contributed by atoms with Crippen LogP contribution in [0.3, 0.4) is 0 Å². The van der Waals surface area contributed by atoms with Gasteiger partial charge < -0.3 is 11.1 Å². The molecule has 0 aliphatic carbocycles. The van der Waals surface area contributed by atoms with Gasteiger partial charge in [-0.25, -0.2) is 13.1 Å². The highest BCUT2D eigenvalue weighted by atomic mass is 32.2. The first kappa shape index (κ1) is 17.8. The highest BCUT2D eigenvalue weighted by Gasteiger charge is 2.22. The molecule has 0 bridgehead atoms. The molecule has 0 radical (unpaired) electrons. The molecule has 120 valence electrons. The van der Waals surface area contributed by atoms with Crippen molar-refractivity contribution >= 4 is 21.4 Å². The Balaban J connectivity index is 2.99. The molecule has 6 heteroatoms. The molecular formula is C15H27N3O2S. The molecule has 1 rings (SSSR count). The lowest BCUT2D eigenvalue weighted by Gasteiger charge is -2.30. The number of hydrogen-bond donors (Lipinski definition) is 3. The van der Waals surface area contributed by atoms with Gasteiger partial charge in [-0.3, -0.25) is 0 Å². The van der Waals surface area contributed by atoms with Crippen LogP contribution in [0.2, 0.25) is 0 Å². The van der Waals surface area contributed by atoms with E-state index in [1.807, 2.05) is 0 Å². The number of rotatable bonds is 7. The second-order valence-electron chi connectivity index (χ2n) is 6.25. The first-order valence-corrected chi connectivity index (χ1v) is 8.71. The summed E-state index contributed by atoms with van der Waals surface area (Å²) in [6.45, 7) is 11.5. The maximum absolute atomic E-state index is 12.0. The lowest BCUT2D eigenvalue weighted by molar-refractivity contribution is 0.270. The van der Waals surface area contributed by atoms with Gasteiger partial charge in [-0.05, 0) is 29.5 Å². The molecule has 0 heterocycles. The quantitative estimate of drug-likeness (QED) is 0.676. The molecule has 1 aromatic carbocycles. The Morgan fingerprint density at radius 2 is 1.90 bits per heavy atom. The molecule has 0 spiro atoms. The number of anilines is 2. The highest BCUT2D eigenvalue weighted by molar-refractivity contribution is 7.89. The Morgan fingerprint density at radius 3 is 2.43 bits per heavy atom. The molecule has 0 aliphatic heterocycles. The topological polar surface area (TPSA) is 84.2 Å². The minimum atomic E-state index is -3.47. The van der Waals surface area contributed by atoms with E-state index >= 15 is 0 Å². The molecule has 0 atom stereocenters. The van der Waals surface area contributed by atoms with E-state index in [0.29, 0.717) is 23.8 Å². The van der Waals surface area contributed by atoms with E-state index in [1.165, 1.54) is 6.07 Å². The van der Waals surface area contributed by atoms with Gasteiger partial charge >= 0.3 is 0 Å². The van der Waals surface area contributed by atoms with Crippen LogP contribution in [-0.4, -0.2) is 21.5 Å². The van der Waals surface area contributed by atoms with E-state index in [2.05, 4.69) is 37.7 Å². The Kier molecular flexibility index (Phi) is 5.64. The Hall–Kier alpha value is -1.27. The first-order valence-electron chi connectivity index (χ1n) is 7.23. The number of nitrogens with one attached hydrogen (secondary N) is 2. The summed E-state index contributed by atoms with van der Waals surface area (Å²) in [5, 5.41) is 3.27. The standard InChI is InChI=1S/C15H27N3O2S/c1-6-18-21(19,20)12-7-8-13(16)14(9-12)17-10-15(4,5)11(2)3/h7-9,11,17-18H,6,10,16H2,1-5H3. The molecule has 0 amide bonds. The summed E-state index contributed by atoms with van der Waals surface area (Å²) >= 11 is 0. The van der Waals surface area contributed by atoms with Gasteiger partial charge in [-0.1, -0.05) is 34.6 Å². The summed E-state index contributed by atoms with van der Waals surface area (Å²) in [6.07, 6.45) is 0. The van der Waals surface area contributed by atoms with Gasteiger partial charge in [0.05, 0.1) is 16.3 Å². The second kappa shape index (κ2) is 6.66. The molecular weight excluding hydrogens is 286 g/mol. The zero-order valence-corrected chi connectivity index (χ0v) is 14.3. The number of benzene rings is 1. The van der Waals surface area contributed by atoms with Crippen LogP contribution in [0.25, 0.3) is 0 Å². The number of nitrogen functional groups attached to an aromatic ring is 1. The molecule has 0 unspecified atom stereocenters. The Bertz CT molecular complexity index is 581. The molecule has 5 nitrogen and oxygen atoms in total. The fourth-order valence-corrected chi connectivity index (χ4v) is 2.72. The molecule has 4 N–H and O–H groups in total. The normalized spacial score (nSPS) is 12.7. The van der Waals surface area contributed by atoms with Crippen molar-refractivity contribution in [1.29, 1.82) is 0 Å². The van der Waals surface area contributed by atoms with Crippen molar-refractivity contribution in [2.75, 3.05) is 24.1 Å². The van der Waals surface area contributed by atoms with Crippen molar-refractivity contribution in [2.24, 2.45) is 11.3 Å². The fourth-order valence-electron chi connectivity index (χ4n) is 1.66. The van der Waals surface area contributed by atoms with E-state index in [0.717, 1.165) is 6.54 Å². The van der Waals surface area contributed by atoms with Crippen molar-refractivity contribution in [3.05, 3.63) is 18.2 Å². The number of nitrogens with two attached hydrogens (primary N) is 1. The highest BCUT2D eigenvalue weighted by Crippen LogP contribution is 2.29. The van der Waals surface area contributed by atoms with Gasteiger partial charge in [0.25, 0.3) is 0 Å². The molecule has 0 saturated heterocycles. The lowest BCUT2D eigenvalue weighted by atomic mass is 9.81.